The molecule has 0 bridgehead atoms. The minimum atomic E-state index is -0.155. The van der Waals surface area contributed by atoms with Gasteiger partial charge >= 0.3 is 0 Å². The molecule has 1 atom stereocenters. The van der Waals surface area contributed by atoms with Crippen LogP contribution in [0.15, 0.2) is 18.2 Å². The molecule has 2 rings (SSSR count). The van der Waals surface area contributed by atoms with Crippen molar-refractivity contribution in [2.75, 3.05) is 18.0 Å². The van der Waals surface area contributed by atoms with E-state index in [1.165, 1.54) is 0 Å². The molecule has 1 fully saturated rings. The Kier molecular flexibility index (Phi) is 3.13. The smallest absolute Gasteiger partial charge is 0.146 e. The van der Waals surface area contributed by atoms with Crippen molar-refractivity contribution in [1.29, 1.82) is 0 Å². The molecule has 1 aromatic rings. The van der Waals surface area contributed by atoms with E-state index in [-0.39, 0.29) is 17.3 Å². The van der Waals surface area contributed by atoms with Crippen LogP contribution in [0.5, 0.6) is 0 Å². The highest BCUT2D eigenvalue weighted by molar-refractivity contribution is 5.50. The number of benzene rings is 1. The third-order valence-electron chi connectivity index (χ3n) is 3.52. The SMILES string of the molecule is CC(N)c1ccc(N2CCC(C)(C)C2)c(F)c1. The number of hydrogen-bond acceptors (Lipinski definition) is 2. The van der Waals surface area contributed by atoms with Crippen molar-refractivity contribution in [3.63, 3.8) is 0 Å². The molecule has 1 aliphatic heterocycles. The maximum atomic E-state index is 14.0. The van der Waals surface area contributed by atoms with Gasteiger partial charge < -0.3 is 10.6 Å². The Bertz CT molecular complexity index is 413. The molecule has 1 aromatic carbocycles. The van der Waals surface area contributed by atoms with Gasteiger partial charge in [0.25, 0.3) is 0 Å². The Balaban J connectivity index is 2.23. The van der Waals surface area contributed by atoms with E-state index in [9.17, 15) is 4.39 Å². The summed E-state index contributed by atoms with van der Waals surface area (Å²) in [5, 5.41) is 0. The number of hydrogen-bond donors (Lipinski definition) is 1. The van der Waals surface area contributed by atoms with E-state index in [0.29, 0.717) is 5.69 Å². The predicted molar refractivity (Wildman–Crippen MR) is 69.6 cm³/mol. The average Bonchev–Trinajstić information content (AvgIpc) is 2.58. The van der Waals surface area contributed by atoms with E-state index in [1.54, 1.807) is 6.07 Å². The highest BCUT2D eigenvalue weighted by Crippen LogP contribution is 2.34. The minimum Gasteiger partial charge on any atom is -0.369 e. The molecular formula is C14H21FN2. The van der Waals surface area contributed by atoms with Gasteiger partial charge in [-0.15, -0.1) is 0 Å². The molecular weight excluding hydrogens is 215 g/mol. The zero-order valence-corrected chi connectivity index (χ0v) is 10.8. The van der Waals surface area contributed by atoms with Crippen LogP contribution in [-0.2, 0) is 0 Å². The van der Waals surface area contributed by atoms with Crippen molar-refractivity contribution in [3.05, 3.63) is 29.6 Å². The Labute approximate surface area is 103 Å². The standard InChI is InChI=1S/C14H21FN2/c1-10(16)11-4-5-13(12(15)8-11)17-7-6-14(2,3)9-17/h4-5,8,10H,6-7,9,16H2,1-3H3. The van der Waals surface area contributed by atoms with Gasteiger partial charge in [0.15, 0.2) is 0 Å². The maximum absolute atomic E-state index is 14.0. The van der Waals surface area contributed by atoms with E-state index in [0.717, 1.165) is 25.1 Å². The first-order valence-electron chi connectivity index (χ1n) is 6.19. The van der Waals surface area contributed by atoms with Crippen molar-refractivity contribution in [1.82, 2.24) is 0 Å². The molecule has 0 aliphatic carbocycles. The highest BCUT2D eigenvalue weighted by atomic mass is 19.1. The van der Waals surface area contributed by atoms with E-state index < -0.39 is 0 Å². The summed E-state index contributed by atoms with van der Waals surface area (Å²) in [4.78, 5) is 2.13. The van der Waals surface area contributed by atoms with E-state index in [1.807, 2.05) is 19.1 Å². The second kappa shape index (κ2) is 4.30. The van der Waals surface area contributed by atoms with Crippen molar-refractivity contribution in [3.8, 4) is 0 Å². The zero-order chi connectivity index (χ0) is 12.6. The molecule has 17 heavy (non-hydrogen) atoms. The third kappa shape index (κ3) is 2.60. The summed E-state index contributed by atoms with van der Waals surface area (Å²) in [5.74, 6) is -0.155. The lowest BCUT2D eigenvalue weighted by Gasteiger charge is -2.22. The Morgan fingerprint density at radius 2 is 2.12 bits per heavy atom. The van der Waals surface area contributed by atoms with Gasteiger partial charge in [-0.2, -0.15) is 0 Å². The Hall–Kier alpha value is -1.09. The summed E-state index contributed by atoms with van der Waals surface area (Å²) >= 11 is 0. The molecule has 2 N–H and O–H groups in total. The summed E-state index contributed by atoms with van der Waals surface area (Å²) in [7, 11) is 0. The van der Waals surface area contributed by atoms with Crippen molar-refractivity contribution < 1.29 is 4.39 Å². The molecule has 1 unspecified atom stereocenters. The molecule has 1 heterocycles. The predicted octanol–water partition coefficient (Wildman–Crippen LogP) is 3.08. The molecule has 3 heteroatoms. The second-order valence-electron chi connectivity index (χ2n) is 5.84. The van der Waals surface area contributed by atoms with Crippen LogP contribution in [0.3, 0.4) is 0 Å². The van der Waals surface area contributed by atoms with Gasteiger partial charge in [0, 0.05) is 19.1 Å². The average molecular weight is 236 g/mol. The quantitative estimate of drug-likeness (QED) is 0.855. The lowest BCUT2D eigenvalue weighted by Crippen LogP contribution is -2.23. The first-order valence-corrected chi connectivity index (χ1v) is 6.19. The molecule has 0 saturated carbocycles. The van der Waals surface area contributed by atoms with Crippen molar-refractivity contribution in [2.24, 2.45) is 11.1 Å². The van der Waals surface area contributed by atoms with Crippen LogP contribution in [0.25, 0.3) is 0 Å². The molecule has 0 aromatic heterocycles. The largest absolute Gasteiger partial charge is 0.369 e. The number of rotatable bonds is 2. The van der Waals surface area contributed by atoms with Gasteiger partial charge in [0.2, 0.25) is 0 Å². The monoisotopic (exact) mass is 236 g/mol. The molecule has 2 nitrogen and oxygen atoms in total. The van der Waals surface area contributed by atoms with Gasteiger partial charge in [-0.25, -0.2) is 4.39 Å². The summed E-state index contributed by atoms with van der Waals surface area (Å²) in [6.07, 6.45) is 1.11. The van der Waals surface area contributed by atoms with Gasteiger partial charge in [-0.3, -0.25) is 0 Å². The molecule has 0 amide bonds. The van der Waals surface area contributed by atoms with Crippen LogP contribution in [-0.4, -0.2) is 13.1 Å². The minimum absolute atomic E-state index is 0.117. The second-order valence-corrected chi connectivity index (χ2v) is 5.84. The Morgan fingerprint density at radius 1 is 1.41 bits per heavy atom. The van der Waals surface area contributed by atoms with Crippen LogP contribution in [0, 0.1) is 11.2 Å². The summed E-state index contributed by atoms with van der Waals surface area (Å²) < 4.78 is 14.0. The number of halogens is 1. The van der Waals surface area contributed by atoms with Crippen LogP contribution in [0.4, 0.5) is 10.1 Å². The number of nitrogens with two attached hydrogens (primary N) is 1. The fraction of sp³-hybridized carbons (Fsp3) is 0.571. The van der Waals surface area contributed by atoms with Gasteiger partial charge in [0.05, 0.1) is 5.69 Å². The normalized spacial score (nSPS) is 20.6. The van der Waals surface area contributed by atoms with Crippen LogP contribution in [0.1, 0.15) is 38.8 Å². The van der Waals surface area contributed by atoms with Crippen molar-refractivity contribution in [2.45, 2.75) is 33.2 Å². The van der Waals surface area contributed by atoms with E-state index in [4.69, 9.17) is 5.73 Å². The maximum Gasteiger partial charge on any atom is 0.146 e. The molecule has 94 valence electrons. The van der Waals surface area contributed by atoms with E-state index in [2.05, 4.69) is 18.7 Å². The topological polar surface area (TPSA) is 29.3 Å². The fourth-order valence-corrected chi connectivity index (χ4v) is 2.38. The van der Waals surface area contributed by atoms with E-state index >= 15 is 0 Å². The zero-order valence-electron chi connectivity index (χ0n) is 10.8. The lowest BCUT2D eigenvalue weighted by molar-refractivity contribution is 0.418. The highest BCUT2D eigenvalue weighted by Gasteiger charge is 2.30. The molecule has 0 spiro atoms. The van der Waals surface area contributed by atoms with Gasteiger partial charge in [0.1, 0.15) is 5.82 Å². The number of nitrogens with zero attached hydrogens (tertiary/aromatic N) is 1. The first-order chi connectivity index (χ1) is 7.89. The fourth-order valence-electron chi connectivity index (χ4n) is 2.38. The molecule has 1 aliphatic rings. The van der Waals surface area contributed by atoms with Gasteiger partial charge in [-0.1, -0.05) is 19.9 Å². The summed E-state index contributed by atoms with van der Waals surface area (Å²) in [5.41, 5.74) is 7.59. The molecule has 1 saturated heterocycles. The van der Waals surface area contributed by atoms with Crippen LogP contribution in [0.2, 0.25) is 0 Å². The molecule has 0 radical (unpaired) electrons. The first kappa shape index (κ1) is 12.4. The summed E-state index contributed by atoms with van der Waals surface area (Å²) in [6, 6.07) is 5.23. The van der Waals surface area contributed by atoms with Crippen LogP contribution >= 0.6 is 0 Å². The summed E-state index contributed by atoms with van der Waals surface area (Å²) in [6.45, 7) is 8.17. The number of anilines is 1. The Morgan fingerprint density at radius 3 is 2.59 bits per heavy atom. The lowest BCUT2D eigenvalue weighted by atomic mass is 9.93. The van der Waals surface area contributed by atoms with Crippen LogP contribution < -0.4 is 10.6 Å². The third-order valence-corrected chi connectivity index (χ3v) is 3.52. The van der Waals surface area contributed by atoms with Crippen molar-refractivity contribution >= 4 is 5.69 Å². The van der Waals surface area contributed by atoms with Gasteiger partial charge in [-0.05, 0) is 36.5 Å².